The molecule has 0 saturated heterocycles. The van der Waals surface area contributed by atoms with E-state index in [1.165, 1.54) is 0 Å². The zero-order chi connectivity index (χ0) is 19.2. The smallest absolute Gasteiger partial charge is 0.266 e. The van der Waals surface area contributed by atoms with Crippen LogP contribution in [-0.4, -0.2) is 17.6 Å². The predicted molar refractivity (Wildman–Crippen MR) is 109 cm³/mol. The molecule has 0 aliphatic carbocycles. The number of rotatable bonds is 5. The van der Waals surface area contributed by atoms with Crippen molar-refractivity contribution in [1.82, 2.24) is 4.57 Å². The lowest BCUT2D eigenvalue weighted by atomic mass is 10.2. The van der Waals surface area contributed by atoms with Crippen molar-refractivity contribution in [3.05, 3.63) is 82.6 Å². The highest BCUT2D eigenvalue weighted by Gasteiger charge is 2.11. The number of anilines is 1. The second kappa shape index (κ2) is 8.39. The Kier molecular flexibility index (Phi) is 5.74. The molecular formula is C21H16BrN3O2. The summed E-state index contributed by atoms with van der Waals surface area (Å²) in [7, 11) is 1.61. The van der Waals surface area contributed by atoms with Gasteiger partial charge in [-0.2, -0.15) is 5.26 Å². The van der Waals surface area contributed by atoms with Crippen LogP contribution in [0.15, 0.2) is 76.9 Å². The Bertz CT molecular complexity index is 1010. The number of ether oxygens (including phenoxy) is 1. The Morgan fingerprint density at radius 2 is 1.85 bits per heavy atom. The Morgan fingerprint density at radius 1 is 1.15 bits per heavy atom. The lowest BCUT2D eigenvalue weighted by molar-refractivity contribution is -0.112. The molecule has 1 amide bonds. The van der Waals surface area contributed by atoms with Gasteiger partial charge in [0.25, 0.3) is 5.91 Å². The molecule has 1 aromatic heterocycles. The van der Waals surface area contributed by atoms with Crippen molar-refractivity contribution in [2.75, 3.05) is 12.4 Å². The minimum Gasteiger partial charge on any atom is -0.497 e. The quantitative estimate of drug-likeness (QED) is 0.475. The van der Waals surface area contributed by atoms with Crippen molar-refractivity contribution < 1.29 is 9.53 Å². The molecule has 0 atom stereocenters. The molecule has 1 heterocycles. The van der Waals surface area contributed by atoms with Crippen molar-refractivity contribution in [2.45, 2.75) is 0 Å². The first-order valence-corrected chi connectivity index (χ1v) is 8.90. The van der Waals surface area contributed by atoms with Gasteiger partial charge in [0, 0.05) is 27.7 Å². The maximum atomic E-state index is 12.4. The monoisotopic (exact) mass is 421 g/mol. The van der Waals surface area contributed by atoms with E-state index in [1.54, 1.807) is 25.3 Å². The molecule has 1 N–H and O–H groups in total. The third-order valence-corrected chi connectivity index (χ3v) is 4.42. The van der Waals surface area contributed by atoms with Gasteiger partial charge >= 0.3 is 0 Å². The molecule has 2 aromatic carbocycles. The number of nitrogens with one attached hydrogen (secondary N) is 1. The number of carbonyl (C=O) groups is 1. The fourth-order valence-corrected chi connectivity index (χ4v) is 2.78. The number of amides is 1. The molecule has 6 heteroatoms. The van der Waals surface area contributed by atoms with Crippen LogP contribution in [0.3, 0.4) is 0 Å². The average molecular weight is 422 g/mol. The van der Waals surface area contributed by atoms with Crippen LogP contribution in [0.5, 0.6) is 5.75 Å². The van der Waals surface area contributed by atoms with E-state index in [9.17, 15) is 10.1 Å². The fourth-order valence-electron chi connectivity index (χ4n) is 2.52. The molecule has 27 heavy (non-hydrogen) atoms. The molecule has 3 rings (SSSR count). The van der Waals surface area contributed by atoms with Crippen LogP contribution < -0.4 is 10.1 Å². The van der Waals surface area contributed by atoms with E-state index in [2.05, 4.69) is 21.2 Å². The highest BCUT2D eigenvalue weighted by molar-refractivity contribution is 9.10. The molecule has 0 bridgehead atoms. The normalized spacial score (nSPS) is 10.9. The van der Waals surface area contributed by atoms with E-state index in [4.69, 9.17) is 4.74 Å². The van der Waals surface area contributed by atoms with E-state index >= 15 is 0 Å². The molecule has 0 aliphatic heterocycles. The van der Waals surface area contributed by atoms with E-state index in [0.29, 0.717) is 5.69 Å². The van der Waals surface area contributed by atoms with E-state index in [1.807, 2.05) is 65.4 Å². The van der Waals surface area contributed by atoms with Gasteiger partial charge in [-0.1, -0.05) is 15.9 Å². The van der Waals surface area contributed by atoms with Crippen LogP contribution in [0.2, 0.25) is 0 Å². The van der Waals surface area contributed by atoms with Crippen LogP contribution in [0.25, 0.3) is 11.8 Å². The van der Waals surface area contributed by atoms with Gasteiger partial charge in [-0.05, 0) is 66.7 Å². The molecule has 0 unspecified atom stereocenters. The standard InChI is InChI=1S/C21H16BrN3O2/c1-27-20-10-8-18(9-11-20)25-12-2-3-19(25)13-15(14-23)21(26)24-17-6-4-16(22)5-7-17/h2-13H,1H3,(H,24,26)/b15-13-. The van der Waals surface area contributed by atoms with Crippen molar-refractivity contribution >= 4 is 33.6 Å². The lowest BCUT2D eigenvalue weighted by Crippen LogP contribution is -2.13. The molecule has 3 aromatic rings. The summed E-state index contributed by atoms with van der Waals surface area (Å²) in [6.45, 7) is 0. The van der Waals surface area contributed by atoms with Crippen LogP contribution in [0.1, 0.15) is 5.69 Å². The zero-order valence-electron chi connectivity index (χ0n) is 14.5. The van der Waals surface area contributed by atoms with Crippen LogP contribution in [0.4, 0.5) is 5.69 Å². The second-order valence-electron chi connectivity index (χ2n) is 5.63. The summed E-state index contributed by atoms with van der Waals surface area (Å²) in [5, 5.41) is 12.2. The third kappa shape index (κ3) is 4.46. The highest BCUT2D eigenvalue weighted by Crippen LogP contribution is 2.20. The molecule has 5 nitrogen and oxygen atoms in total. The molecule has 0 radical (unpaired) electrons. The topological polar surface area (TPSA) is 67.0 Å². The summed E-state index contributed by atoms with van der Waals surface area (Å²) >= 11 is 3.35. The number of hydrogen-bond donors (Lipinski definition) is 1. The number of benzene rings is 2. The van der Waals surface area contributed by atoms with Crippen molar-refractivity contribution in [2.24, 2.45) is 0 Å². The first-order chi connectivity index (χ1) is 13.1. The summed E-state index contributed by atoms with van der Waals surface area (Å²) in [6.07, 6.45) is 3.44. The summed E-state index contributed by atoms with van der Waals surface area (Å²) in [5.41, 5.74) is 2.27. The summed E-state index contributed by atoms with van der Waals surface area (Å²) in [5.74, 6) is 0.303. The molecule has 0 spiro atoms. The van der Waals surface area contributed by atoms with Gasteiger partial charge < -0.3 is 14.6 Å². The highest BCUT2D eigenvalue weighted by atomic mass is 79.9. The van der Waals surface area contributed by atoms with Gasteiger partial charge in [0.1, 0.15) is 17.4 Å². The number of methoxy groups -OCH3 is 1. The minimum absolute atomic E-state index is 0.0198. The van der Waals surface area contributed by atoms with Crippen molar-refractivity contribution in [3.8, 4) is 17.5 Å². The van der Waals surface area contributed by atoms with Gasteiger partial charge in [-0.25, -0.2) is 0 Å². The van der Waals surface area contributed by atoms with Gasteiger partial charge in [0.05, 0.1) is 7.11 Å². The van der Waals surface area contributed by atoms with E-state index < -0.39 is 5.91 Å². The van der Waals surface area contributed by atoms with E-state index in [-0.39, 0.29) is 5.57 Å². The zero-order valence-corrected chi connectivity index (χ0v) is 16.1. The SMILES string of the molecule is COc1ccc(-n2cccc2/C=C(/C#N)C(=O)Nc2ccc(Br)cc2)cc1. The second-order valence-corrected chi connectivity index (χ2v) is 6.55. The van der Waals surface area contributed by atoms with Gasteiger partial charge in [0.15, 0.2) is 0 Å². The largest absolute Gasteiger partial charge is 0.497 e. The molecule has 0 saturated carbocycles. The molecular weight excluding hydrogens is 406 g/mol. The predicted octanol–water partition coefficient (Wildman–Crippen LogP) is 4.79. The maximum Gasteiger partial charge on any atom is 0.266 e. The van der Waals surface area contributed by atoms with Crippen LogP contribution in [0, 0.1) is 11.3 Å². The first-order valence-electron chi connectivity index (χ1n) is 8.11. The van der Waals surface area contributed by atoms with Crippen molar-refractivity contribution in [1.29, 1.82) is 5.26 Å². The average Bonchev–Trinajstić information content (AvgIpc) is 3.16. The molecule has 0 aliphatic rings. The third-order valence-electron chi connectivity index (χ3n) is 3.89. The summed E-state index contributed by atoms with van der Waals surface area (Å²) in [4.78, 5) is 12.4. The number of nitrogens with zero attached hydrogens (tertiary/aromatic N) is 2. The minimum atomic E-state index is -0.456. The molecule has 0 fully saturated rings. The van der Waals surface area contributed by atoms with Gasteiger partial charge in [-0.3, -0.25) is 4.79 Å². The number of aromatic nitrogens is 1. The number of nitriles is 1. The number of carbonyl (C=O) groups excluding carboxylic acids is 1. The lowest BCUT2D eigenvalue weighted by Gasteiger charge is -2.09. The Morgan fingerprint density at radius 3 is 2.48 bits per heavy atom. The summed E-state index contributed by atoms with van der Waals surface area (Å²) in [6, 6.07) is 20.4. The first kappa shape index (κ1) is 18.5. The van der Waals surface area contributed by atoms with Gasteiger partial charge in [0.2, 0.25) is 0 Å². The number of hydrogen-bond acceptors (Lipinski definition) is 3. The van der Waals surface area contributed by atoms with Crippen LogP contribution in [-0.2, 0) is 4.79 Å². The molecule has 134 valence electrons. The van der Waals surface area contributed by atoms with Crippen LogP contribution >= 0.6 is 15.9 Å². The van der Waals surface area contributed by atoms with Crippen molar-refractivity contribution in [3.63, 3.8) is 0 Å². The van der Waals surface area contributed by atoms with Gasteiger partial charge in [-0.15, -0.1) is 0 Å². The Hall–Kier alpha value is -3.30. The van der Waals surface area contributed by atoms with E-state index in [0.717, 1.165) is 21.6 Å². The number of halogens is 1. The summed E-state index contributed by atoms with van der Waals surface area (Å²) < 4.78 is 7.98. The maximum absolute atomic E-state index is 12.4. The Balaban J connectivity index is 1.85. The fraction of sp³-hybridized carbons (Fsp3) is 0.0476. The Labute approximate surface area is 165 Å².